The third-order valence-corrected chi connectivity index (χ3v) is 10.8. The van der Waals surface area contributed by atoms with Crippen LogP contribution in [0.1, 0.15) is 50.9 Å². The Morgan fingerprint density at radius 3 is 1.88 bits per heavy atom. The first-order chi connectivity index (χ1) is 23.3. The largest absolute Gasteiger partial charge is 0.393 e. The number of amides is 2. The fraction of sp³-hybridized carbons (Fsp3) is 0.400. The fourth-order valence-electron chi connectivity index (χ4n) is 4.98. The average molecular weight is 770 g/mol. The van der Waals surface area contributed by atoms with E-state index in [1.54, 1.807) is 19.9 Å². The molecule has 0 radical (unpaired) electrons. The van der Waals surface area contributed by atoms with Crippen LogP contribution >= 0.6 is 23.2 Å². The molecule has 5 rings (SSSR count). The number of aromatic nitrogens is 3. The molecule has 20 heteroatoms. The van der Waals surface area contributed by atoms with Crippen LogP contribution in [-0.2, 0) is 48.9 Å². The number of fused-ring (bicyclic) bond motifs is 2. The molecule has 0 fully saturated rings. The lowest BCUT2D eigenvalue weighted by molar-refractivity contribution is -0.117. The van der Waals surface area contributed by atoms with Crippen LogP contribution in [0.15, 0.2) is 44.8 Å². The molecule has 16 nitrogen and oxygen atoms in total. The molecule has 0 saturated heterocycles. The third kappa shape index (κ3) is 9.52. The van der Waals surface area contributed by atoms with Gasteiger partial charge in [0.25, 0.3) is 20.0 Å². The minimum atomic E-state index is -4.17. The topological polar surface area (TPSA) is 229 Å². The zero-order valence-electron chi connectivity index (χ0n) is 27.4. The SMILES string of the molecule is C#CCC(C)O.CC(=O)N1CCc2cc(Cl)c(S(=O)(=O)N=[N+]=[N-])cc21.CC(=O)N1CCc2cc(Cl)c(S(=O)(=O)n3cc(CC(C)O)nn3)cc21. The molecule has 2 N–H and O–H groups in total. The van der Waals surface area contributed by atoms with Crippen LogP contribution in [-0.4, -0.2) is 78.6 Å². The number of anilines is 2. The van der Waals surface area contributed by atoms with Gasteiger partial charge in [-0.2, -0.15) is 8.42 Å². The van der Waals surface area contributed by atoms with Crippen molar-refractivity contribution in [3.05, 3.63) is 67.8 Å². The summed E-state index contributed by atoms with van der Waals surface area (Å²) in [6.45, 7) is 7.03. The molecule has 2 unspecified atom stereocenters. The number of sulfonamides is 1. The second kappa shape index (κ2) is 16.7. The van der Waals surface area contributed by atoms with Crippen LogP contribution in [0.5, 0.6) is 0 Å². The van der Waals surface area contributed by atoms with Gasteiger partial charge in [-0.1, -0.05) is 28.4 Å². The van der Waals surface area contributed by atoms with Crippen LogP contribution in [0, 0.1) is 12.3 Å². The lowest BCUT2D eigenvalue weighted by Crippen LogP contribution is -2.26. The second-order valence-corrected chi connectivity index (χ2v) is 15.3. The number of aliphatic hydroxyl groups is 2. The number of terminal acetylenes is 1. The van der Waals surface area contributed by atoms with Crippen LogP contribution < -0.4 is 9.80 Å². The van der Waals surface area contributed by atoms with Gasteiger partial charge in [0.2, 0.25) is 11.8 Å². The molecule has 1 aromatic heterocycles. The number of hydrogen-bond acceptors (Lipinski definition) is 10. The van der Waals surface area contributed by atoms with E-state index in [1.165, 1.54) is 48.0 Å². The monoisotopic (exact) mass is 768 g/mol. The number of nitrogens with zero attached hydrogens (tertiary/aromatic N) is 8. The minimum absolute atomic E-state index is 0.0171. The average Bonchev–Trinajstić information content (AvgIpc) is 3.75. The molecule has 2 amide bonds. The molecule has 2 aromatic carbocycles. The van der Waals surface area contributed by atoms with Gasteiger partial charge in [-0.05, 0) is 67.6 Å². The number of rotatable bonds is 7. The van der Waals surface area contributed by atoms with Crippen LogP contribution in [0.3, 0.4) is 0 Å². The van der Waals surface area contributed by atoms with Gasteiger partial charge in [-0.15, -0.1) is 21.5 Å². The van der Waals surface area contributed by atoms with Gasteiger partial charge in [-0.25, -0.2) is 8.42 Å². The van der Waals surface area contributed by atoms with Crippen LogP contribution in [0.25, 0.3) is 10.4 Å². The lowest BCUT2D eigenvalue weighted by atomic mass is 10.2. The highest BCUT2D eigenvalue weighted by molar-refractivity contribution is 7.90. The van der Waals surface area contributed by atoms with Gasteiger partial charge < -0.3 is 20.0 Å². The van der Waals surface area contributed by atoms with E-state index in [9.17, 15) is 31.5 Å². The standard InChI is InChI=1S/C15H17ClN4O4S.C10H9ClN4O3S.C5H8O/c1-9(21)5-12-8-20(18-17-12)25(23,24)15-7-14-11(6-13(15)16)3-4-19(14)10(2)22;1-6(16)15-3-2-7-4-8(11)10(5-9(7)15)19(17,18)14-13-12;1-3-4-5(2)6/h6-9,21H,3-5H2,1-2H3;4-5H,2-3H2,1H3;1,5-6H,4H2,2H3. The summed E-state index contributed by atoms with van der Waals surface area (Å²) in [6.07, 6.45) is 6.93. The zero-order chi connectivity index (χ0) is 37.6. The van der Waals surface area contributed by atoms with E-state index in [-0.39, 0.29) is 44.2 Å². The number of carbonyl (C=O) groups excluding carboxylic acids is 2. The maximum atomic E-state index is 12.8. The molecule has 0 bridgehead atoms. The van der Waals surface area contributed by atoms with E-state index in [1.807, 2.05) is 0 Å². The van der Waals surface area contributed by atoms with Gasteiger partial charge in [0, 0.05) is 60.6 Å². The Morgan fingerprint density at radius 2 is 1.46 bits per heavy atom. The third-order valence-electron chi connectivity index (χ3n) is 7.20. The van der Waals surface area contributed by atoms with Gasteiger partial charge >= 0.3 is 0 Å². The normalized spacial score (nSPS) is 14.5. The molecule has 268 valence electrons. The van der Waals surface area contributed by atoms with Gasteiger partial charge in [-0.3, -0.25) is 9.59 Å². The van der Waals surface area contributed by atoms with Crippen molar-refractivity contribution in [2.75, 3.05) is 22.9 Å². The molecule has 50 heavy (non-hydrogen) atoms. The molecular weight excluding hydrogens is 735 g/mol. The Hall–Kier alpha value is -4.21. The summed E-state index contributed by atoms with van der Waals surface area (Å²) >= 11 is 12.1. The Balaban J connectivity index is 0.000000239. The maximum Gasteiger partial charge on any atom is 0.285 e. The van der Waals surface area contributed by atoms with Crippen molar-refractivity contribution in [3.8, 4) is 12.3 Å². The number of hydrogen-bond donors (Lipinski definition) is 2. The Bertz CT molecular complexity index is 2090. The number of aliphatic hydroxyl groups excluding tert-OH is 2. The minimum Gasteiger partial charge on any atom is -0.393 e. The predicted molar refractivity (Wildman–Crippen MR) is 186 cm³/mol. The summed E-state index contributed by atoms with van der Waals surface area (Å²) in [7, 11) is -8.24. The smallest absolute Gasteiger partial charge is 0.285 e. The van der Waals surface area contributed by atoms with E-state index >= 15 is 0 Å². The highest BCUT2D eigenvalue weighted by Gasteiger charge is 2.30. The summed E-state index contributed by atoms with van der Waals surface area (Å²) in [5.41, 5.74) is 11.3. The van der Waals surface area contributed by atoms with Crippen molar-refractivity contribution < 1.29 is 36.6 Å². The first-order valence-electron chi connectivity index (χ1n) is 14.8. The van der Waals surface area contributed by atoms with E-state index < -0.39 is 26.2 Å². The highest BCUT2D eigenvalue weighted by Crippen LogP contribution is 2.37. The summed E-state index contributed by atoms with van der Waals surface area (Å²) < 4.78 is 52.6. The lowest BCUT2D eigenvalue weighted by Gasteiger charge is -2.16. The quantitative estimate of drug-likeness (QED) is 0.153. The molecule has 0 saturated carbocycles. The van der Waals surface area contributed by atoms with Crippen LogP contribution in [0.2, 0.25) is 10.0 Å². The van der Waals surface area contributed by atoms with Crippen molar-refractivity contribution in [3.63, 3.8) is 0 Å². The molecule has 0 spiro atoms. The molecular formula is C30H34Cl2N8O8S2. The second-order valence-electron chi connectivity index (χ2n) is 11.2. The van der Waals surface area contributed by atoms with Gasteiger partial charge in [0.15, 0.2) is 0 Å². The van der Waals surface area contributed by atoms with Crippen molar-refractivity contribution in [2.45, 2.75) is 75.4 Å². The molecule has 2 atom stereocenters. The summed E-state index contributed by atoms with van der Waals surface area (Å²) in [6, 6.07) is 5.73. The molecule has 2 aliphatic rings. The zero-order valence-corrected chi connectivity index (χ0v) is 30.5. The Labute approximate surface area is 299 Å². The highest BCUT2D eigenvalue weighted by atomic mass is 35.5. The van der Waals surface area contributed by atoms with Gasteiger partial charge in [0.05, 0.1) is 39.0 Å². The fourth-order valence-corrected chi connectivity index (χ4v) is 7.85. The Kier molecular flexibility index (Phi) is 13.4. The van der Waals surface area contributed by atoms with E-state index in [0.29, 0.717) is 49.4 Å². The molecule has 3 aromatic rings. The first kappa shape index (κ1) is 40.2. The molecule has 2 aliphatic heterocycles. The summed E-state index contributed by atoms with van der Waals surface area (Å²) in [4.78, 5) is 28.0. The Morgan fingerprint density at radius 1 is 0.960 bits per heavy atom. The van der Waals surface area contributed by atoms with Crippen molar-refractivity contribution in [1.29, 1.82) is 0 Å². The van der Waals surface area contributed by atoms with E-state index in [4.69, 9.17) is 40.3 Å². The number of halogens is 2. The van der Waals surface area contributed by atoms with Crippen molar-refractivity contribution in [1.82, 2.24) is 14.4 Å². The summed E-state index contributed by atoms with van der Waals surface area (Å²) in [5.74, 6) is 1.97. The van der Waals surface area contributed by atoms with E-state index in [2.05, 4.69) is 25.7 Å². The summed E-state index contributed by atoms with van der Waals surface area (Å²) in [5, 5.41) is 25.2. The molecule has 3 heterocycles. The number of azide groups is 1. The number of carbonyl (C=O) groups is 2. The van der Waals surface area contributed by atoms with Gasteiger partial charge in [0.1, 0.15) is 4.90 Å². The first-order valence-corrected chi connectivity index (χ1v) is 18.5. The number of benzene rings is 2. The van der Waals surface area contributed by atoms with E-state index in [0.717, 1.165) is 15.2 Å². The maximum absolute atomic E-state index is 12.8. The van der Waals surface area contributed by atoms with Crippen molar-refractivity contribution in [2.24, 2.45) is 4.52 Å². The van der Waals surface area contributed by atoms with Crippen molar-refractivity contribution >= 4 is 66.4 Å². The molecule has 0 aliphatic carbocycles. The predicted octanol–water partition coefficient (Wildman–Crippen LogP) is 3.64. The van der Waals surface area contributed by atoms with Crippen LogP contribution in [0.4, 0.5) is 11.4 Å².